The van der Waals surface area contributed by atoms with Crippen LogP contribution in [0.15, 0.2) is 42.5 Å². The lowest BCUT2D eigenvalue weighted by atomic mass is 9.75. The molecule has 1 saturated heterocycles. The van der Waals surface area contributed by atoms with Gasteiger partial charge >= 0.3 is 0 Å². The van der Waals surface area contributed by atoms with Crippen molar-refractivity contribution in [3.63, 3.8) is 0 Å². The molecule has 142 valence electrons. The van der Waals surface area contributed by atoms with E-state index in [4.69, 9.17) is 0 Å². The molecule has 1 heterocycles. The van der Waals surface area contributed by atoms with Crippen LogP contribution in [0, 0.1) is 11.8 Å². The molecule has 2 amide bonds. The summed E-state index contributed by atoms with van der Waals surface area (Å²) in [6.45, 7) is 1.84. The topological polar surface area (TPSA) is 49.4 Å². The second-order valence-corrected chi connectivity index (χ2v) is 8.02. The van der Waals surface area contributed by atoms with Gasteiger partial charge in [-0.05, 0) is 41.0 Å². The minimum absolute atomic E-state index is 0.0605. The van der Waals surface area contributed by atoms with Gasteiger partial charge in [0.2, 0.25) is 11.8 Å². The van der Waals surface area contributed by atoms with Crippen LogP contribution in [0.1, 0.15) is 37.7 Å². The Hall–Kier alpha value is -2.36. The normalized spacial score (nSPS) is 22.3. The van der Waals surface area contributed by atoms with Crippen molar-refractivity contribution in [3.8, 4) is 0 Å². The van der Waals surface area contributed by atoms with Gasteiger partial charge in [-0.25, -0.2) is 0 Å². The Bertz CT molecular complexity index is 827. The van der Waals surface area contributed by atoms with Gasteiger partial charge in [0, 0.05) is 13.1 Å². The third-order valence-corrected chi connectivity index (χ3v) is 6.31. The van der Waals surface area contributed by atoms with E-state index in [0.717, 1.165) is 41.8 Å². The van der Waals surface area contributed by atoms with Crippen LogP contribution in [0.4, 0.5) is 0 Å². The molecule has 1 N–H and O–H groups in total. The molecule has 2 aromatic rings. The summed E-state index contributed by atoms with van der Waals surface area (Å²) in [5.74, 6) is 1.45. The Kier molecular flexibility index (Phi) is 5.42. The number of rotatable bonds is 4. The van der Waals surface area contributed by atoms with E-state index in [1.54, 1.807) is 0 Å². The molecule has 27 heavy (non-hydrogen) atoms. The molecule has 1 saturated carbocycles. The Balaban J connectivity index is 1.30. The highest BCUT2D eigenvalue weighted by molar-refractivity contribution is 5.91. The number of hydrogen-bond donors (Lipinski definition) is 1. The minimum atomic E-state index is -0.0905. The first-order chi connectivity index (χ1) is 13.2. The number of hydrogen-bond acceptors (Lipinski definition) is 2. The Morgan fingerprint density at radius 2 is 1.74 bits per heavy atom. The fourth-order valence-electron chi connectivity index (χ4n) is 4.80. The van der Waals surface area contributed by atoms with E-state index in [9.17, 15) is 9.59 Å². The molecule has 4 nitrogen and oxygen atoms in total. The number of nitrogens with zero attached hydrogens (tertiary/aromatic N) is 1. The highest BCUT2D eigenvalue weighted by Crippen LogP contribution is 2.35. The maximum Gasteiger partial charge on any atom is 0.241 e. The third-order valence-electron chi connectivity index (χ3n) is 6.31. The van der Waals surface area contributed by atoms with Crippen LogP contribution in [-0.4, -0.2) is 36.3 Å². The largest absolute Gasteiger partial charge is 0.347 e. The number of fused-ring (bicyclic) bond motifs is 2. The molecular weight excluding hydrogens is 336 g/mol. The number of nitrogens with one attached hydrogen (secondary N) is 1. The monoisotopic (exact) mass is 364 g/mol. The summed E-state index contributed by atoms with van der Waals surface area (Å²) in [5, 5.41) is 5.07. The van der Waals surface area contributed by atoms with Crippen LogP contribution < -0.4 is 5.32 Å². The molecule has 1 aliphatic heterocycles. The number of amides is 2. The van der Waals surface area contributed by atoms with E-state index in [1.807, 2.05) is 35.2 Å². The van der Waals surface area contributed by atoms with E-state index in [2.05, 4.69) is 17.4 Å². The Morgan fingerprint density at radius 1 is 0.963 bits per heavy atom. The van der Waals surface area contributed by atoms with Crippen molar-refractivity contribution in [2.45, 2.75) is 38.5 Å². The smallest absolute Gasteiger partial charge is 0.241 e. The summed E-state index contributed by atoms with van der Waals surface area (Å²) < 4.78 is 0. The van der Waals surface area contributed by atoms with Crippen molar-refractivity contribution in [2.75, 3.05) is 19.6 Å². The molecule has 2 fully saturated rings. The van der Waals surface area contributed by atoms with Crippen molar-refractivity contribution in [3.05, 3.63) is 48.0 Å². The predicted octanol–water partition coefficient (Wildman–Crippen LogP) is 3.54. The van der Waals surface area contributed by atoms with Crippen molar-refractivity contribution in [1.82, 2.24) is 10.2 Å². The number of benzene rings is 2. The van der Waals surface area contributed by atoms with Gasteiger partial charge in [-0.3, -0.25) is 9.59 Å². The van der Waals surface area contributed by atoms with Crippen molar-refractivity contribution in [2.24, 2.45) is 11.8 Å². The summed E-state index contributed by atoms with van der Waals surface area (Å²) in [6, 6.07) is 14.1. The van der Waals surface area contributed by atoms with Gasteiger partial charge in [0.05, 0.1) is 13.0 Å². The fourth-order valence-corrected chi connectivity index (χ4v) is 4.80. The van der Waals surface area contributed by atoms with Crippen LogP contribution in [0.2, 0.25) is 0 Å². The van der Waals surface area contributed by atoms with E-state index in [1.165, 1.54) is 25.7 Å². The van der Waals surface area contributed by atoms with E-state index < -0.39 is 0 Å². The fraction of sp³-hybridized carbons (Fsp3) is 0.478. The second kappa shape index (κ2) is 8.12. The van der Waals surface area contributed by atoms with E-state index >= 15 is 0 Å². The average Bonchev–Trinajstić information content (AvgIpc) is 2.72. The van der Waals surface area contributed by atoms with Crippen molar-refractivity contribution >= 4 is 22.6 Å². The maximum absolute atomic E-state index is 12.6. The first-order valence-corrected chi connectivity index (χ1v) is 10.2. The Morgan fingerprint density at radius 3 is 2.63 bits per heavy atom. The lowest BCUT2D eigenvalue weighted by molar-refractivity contribution is -0.135. The first kappa shape index (κ1) is 18.0. The van der Waals surface area contributed by atoms with Crippen molar-refractivity contribution in [1.29, 1.82) is 0 Å². The standard InChI is InChI=1S/C23H28N2O2/c26-22(14-19-10-5-9-18-7-3-4-11-21(18)19)24-15-23(27)25-13-12-17-6-1-2-8-20(17)16-25/h3-5,7,9-11,17,20H,1-2,6,8,12-16H2,(H,24,26)/t17-,20+/m0/s1. The first-order valence-electron chi connectivity index (χ1n) is 10.2. The summed E-state index contributed by atoms with van der Waals surface area (Å²) in [7, 11) is 0. The van der Waals surface area contributed by atoms with Crippen LogP contribution >= 0.6 is 0 Å². The number of carbonyl (C=O) groups is 2. The van der Waals surface area contributed by atoms with Crippen molar-refractivity contribution < 1.29 is 9.59 Å². The molecular formula is C23H28N2O2. The second-order valence-electron chi connectivity index (χ2n) is 8.02. The molecule has 0 bridgehead atoms. The lowest BCUT2D eigenvalue weighted by Gasteiger charge is -2.41. The van der Waals surface area contributed by atoms with Crippen LogP contribution in [-0.2, 0) is 16.0 Å². The average molecular weight is 364 g/mol. The quantitative estimate of drug-likeness (QED) is 0.902. The lowest BCUT2D eigenvalue weighted by Crippen LogP contribution is -2.48. The van der Waals surface area contributed by atoms with Crippen LogP contribution in [0.25, 0.3) is 10.8 Å². The molecule has 4 heteroatoms. The molecule has 2 atom stereocenters. The van der Waals surface area contributed by atoms with Crippen LogP contribution in [0.3, 0.4) is 0 Å². The molecule has 0 aromatic heterocycles. The summed E-state index contributed by atoms with van der Waals surface area (Å²) in [4.78, 5) is 26.9. The van der Waals surface area contributed by atoms with Crippen LogP contribution in [0.5, 0.6) is 0 Å². The highest BCUT2D eigenvalue weighted by Gasteiger charge is 2.32. The van der Waals surface area contributed by atoms with Gasteiger partial charge in [-0.2, -0.15) is 0 Å². The minimum Gasteiger partial charge on any atom is -0.347 e. The van der Waals surface area contributed by atoms with Gasteiger partial charge < -0.3 is 10.2 Å². The zero-order chi connectivity index (χ0) is 18.6. The molecule has 2 aromatic carbocycles. The number of likely N-dealkylation sites (tertiary alicyclic amines) is 1. The molecule has 4 rings (SSSR count). The zero-order valence-corrected chi connectivity index (χ0v) is 15.8. The van der Waals surface area contributed by atoms with E-state index in [-0.39, 0.29) is 18.4 Å². The summed E-state index contributed by atoms with van der Waals surface area (Å²) in [6.07, 6.45) is 6.65. The molecule has 0 unspecified atom stereocenters. The van der Waals surface area contributed by atoms with Gasteiger partial charge in [0.25, 0.3) is 0 Å². The molecule has 2 aliphatic rings. The van der Waals surface area contributed by atoms with Gasteiger partial charge in [0.1, 0.15) is 0 Å². The number of carbonyl (C=O) groups excluding carboxylic acids is 2. The number of piperidine rings is 1. The molecule has 0 radical (unpaired) electrons. The molecule has 0 spiro atoms. The SMILES string of the molecule is O=C(Cc1cccc2ccccc12)NCC(=O)N1CC[C@@H]2CCCC[C@@H]2C1. The third kappa shape index (κ3) is 4.15. The highest BCUT2D eigenvalue weighted by atomic mass is 16.2. The van der Waals surface area contributed by atoms with Gasteiger partial charge in [0.15, 0.2) is 0 Å². The summed E-state index contributed by atoms with van der Waals surface area (Å²) in [5.41, 5.74) is 1.00. The predicted molar refractivity (Wildman–Crippen MR) is 107 cm³/mol. The van der Waals surface area contributed by atoms with Gasteiger partial charge in [-0.1, -0.05) is 61.7 Å². The van der Waals surface area contributed by atoms with E-state index in [0.29, 0.717) is 12.3 Å². The van der Waals surface area contributed by atoms with Gasteiger partial charge in [-0.15, -0.1) is 0 Å². The molecule has 1 aliphatic carbocycles. The maximum atomic E-state index is 12.6. The zero-order valence-electron chi connectivity index (χ0n) is 15.8. The Labute approximate surface area is 160 Å². The summed E-state index contributed by atoms with van der Waals surface area (Å²) >= 11 is 0.